The fourth-order valence-electron chi connectivity index (χ4n) is 1.10. The minimum Gasteiger partial charge on any atom is -0.379 e. The topological polar surface area (TPSA) is 81.8 Å². The molecule has 0 saturated heterocycles. The predicted octanol–water partition coefficient (Wildman–Crippen LogP) is 1.55. The zero-order valence-corrected chi connectivity index (χ0v) is 10.7. The molecule has 2 atom stereocenters. The summed E-state index contributed by atoms with van der Waals surface area (Å²) < 4.78 is 22.1. The summed E-state index contributed by atoms with van der Waals surface area (Å²) in [5.74, 6) is -1.26. The summed E-state index contributed by atoms with van der Waals surface area (Å²) in [4.78, 5) is 0. The molecule has 92 valence electrons. The highest BCUT2D eigenvalue weighted by molar-refractivity contribution is 7.54. The number of nitrogens with two attached hydrogens (primary N) is 1. The van der Waals surface area contributed by atoms with Gasteiger partial charge in [-0.1, -0.05) is 13.8 Å². The standard InChI is InChI=1S/C9H22NO4P/c1-5-13-15(12,14-6-2)9(11)8(10)7(3)4/h7-9,11H,5-6,10H2,1-4H3/t8-,9-/m0/s1. The highest BCUT2D eigenvalue weighted by Gasteiger charge is 2.39. The highest BCUT2D eigenvalue weighted by atomic mass is 31.2. The predicted molar refractivity (Wildman–Crippen MR) is 59.7 cm³/mol. The van der Waals surface area contributed by atoms with Gasteiger partial charge in [-0.2, -0.15) is 0 Å². The number of rotatable bonds is 7. The molecule has 0 fully saturated rings. The lowest BCUT2D eigenvalue weighted by atomic mass is 10.1. The lowest BCUT2D eigenvalue weighted by Gasteiger charge is -2.28. The summed E-state index contributed by atoms with van der Waals surface area (Å²) in [6.45, 7) is 7.52. The zero-order chi connectivity index (χ0) is 12.1. The normalized spacial score (nSPS) is 16.7. The summed E-state index contributed by atoms with van der Waals surface area (Å²) in [7, 11) is -3.49. The first-order valence-corrected chi connectivity index (χ1v) is 6.82. The zero-order valence-electron chi connectivity index (χ0n) is 9.84. The fraction of sp³-hybridized carbons (Fsp3) is 1.00. The Labute approximate surface area is 91.5 Å². The van der Waals surface area contributed by atoms with E-state index in [0.717, 1.165) is 0 Å². The third-order valence-corrected chi connectivity index (χ3v) is 4.28. The van der Waals surface area contributed by atoms with E-state index in [1.165, 1.54) is 0 Å². The quantitative estimate of drug-likeness (QED) is 0.659. The summed E-state index contributed by atoms with van der Waals surface area (Å²) in [5, 5.41) is 9.83. The Bertz CT molecular complexity index is 212. The summed E-state index contributed by atoms with van der Waals surface area (Å²) in [6.07, 6.45) is 0. The van der Waals surface area contributed by atoms with Crippen molar-refractivity contribution >= 4 is 7.60 Å². The van der Waals surface area contributed by atoms with E-state index < -0.39 is 19.5 Å². The van der Waals surface area contributed by atoms with Gasteiger partial charge in [0.15, 0.2) is 5.85 Å². The fourth-order valence-corrected chi connectivity index (χ4v) is 2.97. The van der Waals surface area contributed by atoms with Gasteiger partial charge in [0.25, 0.3) is 0 Å². The molecule has 5 nitrogen and oxygen atoms in total. The maximum absolute atomic E-state index is 12.1. The molecule has 0 aromatic heterocycles. The van der Waals surface area contributed by atoms with Crippen LogP contribution in [0.3, 0.4) is 0 Å². The van der Waals surface area contributed by atoms with Crippen molar-refractivity contribution < 1.29 is 18.7 Å². The Morgan fingerprint density at radius 3 is 1.93 bits per heavy atom. The van der Waals surface area contributed by atoms with Crippen LogP contribution in [0.1, 0.15) is 27.7 Å². The Balaban J connectivity index is 4.68. The van der Waals surface area contributed by atoms with Crippen LogP contribution in [-0.4, -0.2) is 30.2 Å². The molecule has 0 radical (unpaired) electrons. The van der Waals surface area contributed by atoms with E-state index in [1.807, 2.05) is 13.8 Å². The maximum atomic E-state index is 12.1. The number of hydrogen-bond acceptors (Lipinski definition) is 5. The minimum absolute atomic E-state index is 0.00855. The molecule has 0 aromatic rings. The van der Waals surface area contributed by atoms with E-state index in [4.69, 9.17) is 14.8 Å². The third kappa shape index (κ3) is 4.21. The molecule has 6 heteroatoms. The average Bonchev–Trinajstić information content (AvgIpc) is 2.16. The molecule has 0 aliphatic carbocycles. The van der Waals surface area contributed by atoms with Gasteiger partial charge < -0.3 is 19.9 Å². The van der Waals surface area contributed by atoms with Crippen molar-refractivity contribution in [2.45, 2.75) is 39.6 Å². The SMILES string of the molecule is CCOP(=O)(OCC)[C@H](O)[C@@H](N)C(C)C. The van der Waals surface area contributed by atoms with Crippen molar-refractivity contribution in [3.05, 3.63) is 0 Å². The van der Waals surface area contributed by atoms with Crippen LogP contribution in [0, 0.1) is 5.92 Å². The van der Waals surface area contributed by atoms with E-state index in [9.17, 15) is 9.67 Å². The van der Waals surface area contributed by atoms with Crippen molar-refractivity contribution in [3.8, 4) is 0 Å². The molecular formula is C9H22NO4P. The second-order valence-electron chi connectivity index (χ2n) is 3.61. The van der Waals surface area contributed by atoms with Crippen LogP contribution in [0.4, 0.5) is 0 Å². The molecule has 0 amide bonds. The van der Waals surface area contributed by atoms with Crippen LogP contribution >= 0.6 is 7.60 Å². The Morgan fingerprint density at radius 1 is 1.27 bits per heavy atom. The molecule has 0 aliphatic rings. The van der Waals surface area contributed by atoms with Crippen LogP contribution in [0.25, 0.3) is 0 Å². The Morgan fingerprint density at radius 2 is 1.67 bits per heavy atom. The second kappa shape index (κ2) is 6.61. The van der Waals surface area contributed by atoms with Gasteiger partial charge in [-0.3, -0.25) is 4.57 Å². The van der Waals surface area contributed by atoms with Crippen LogP contribution in [0.5, 0.6) is 0 Å². The smallest absolute Gasteiger partial charge is 0.360 e. The van der Waals surface area contributed by atoms with Crippen molar-refractivity contribution in [1.29, 1.82) is 0 Å². The molecule has 0 bridgehead atoms. The molecule has 0 saturated carbocycles. The molecular weight excluding hydrogens is 217 g/mol. The molecule has 3 N–H and O–H groups in total. The molecule has 15 heavy (non-hydrogen) atoms. The van der Waals surface area contributed by atoms with Gasteiger partial charge in [0.1, 0.15) is 0 Å². The van der Waals surface area contributed by atoms with Crippen molar-refractivity contribution in [3.63, 3.8) is 0 Å². The van der Waals surface area contributed by atoms with Crippen LogP contribution < -0.4 is 5.73 Å². The van der Waals surface area contributed by atoms with Crippen molar-refractivity contribution in [1.82, 2.24) is 0 Å². The summed E-state index contributed by atoms with van der Waals surface area (Å²) in [5.41, 5.74) is 5.72. The molecule has 0 spiro atoms. The van der Waals surface area contributed by atoms with E-state index in [2.05, 4.69) is 0 Å². The number of aliphatic hydroxyl groups is 1. The van der Waals surface area contributed by atoms with Gasteiger partial charge in [0.2, 0.25) is 0 Å². The molecule has 0 rings (SSSR count). The number of hydrogen-bond donors (Lipinski definition) is 2. The van der Waals surface area contributed by atoms with E-state index in [-0.39, 0.29) is 19.1 Å². The first kappa shape index (κ1) is 15.1. The van der Waals surface area contributed by atoms with Gasteiger partial charge in [0.05, 0.1) is 13.2 Å². The van der Waals surface area contributed by atoms with Gasteiger partial charge in [-0.15, -0.1) is 0 Å². The largest absolute Gasteiger partial charge is 0.379 e. The first-order chi connectivity index (χ1) is 6.89. The first-order valence-electron chi connectivity index (χ1n) is 5.21. The third-order valence-electron chi connectivity index (χ3n) is 2.06. The van der Waals surface area contributed by atoms with Crippen LogP contribution in [0.2, 0.25) is 0 Å². The van der Waals surface area contributed by atoms with E-state index in [0.29, 0.717) is 0 Å². The van der Waals surface area contributed by atoms with Gasteiger partial charge in [0, 0.05) is 6.04 Å². The van der Waals surface area contributed by atoms with Gasteiger partial charge >= 0.3 is 7.60 Å². The van der Waals surface area contributed by atoms with Crippen LogP contribution in [-0.2, 0) is 13.6 Å². The van der Waals surface area contributed by atoms with Crippen molar-refractivity contribution in [2.75, 3.05) is 13.2 Å². The number of aliphatic hydroxyl groups excluding tert-OH is 1. The van der Waals surface area contributed by atoms with Gasteiger partial charge in [-0.25, -0.2) is 0 Å². The van der Waals surface area contributed by atoms with Crippen LogP contribution in [0.15, 0.2) is 0 Å². The van der Waals surface area contributed by atoms with Crippen molar-refractivity contribution in [2.24, 2.45) is 11.7 Å². The minimum atomic E-state index is -3.49. The molecule has 0 unspecified atom stereocenters. The average molecular weight is 239 g/mol. The van der Waals surface area contributed by atoms with E-state index >= 15 is 0 Å². The highest BCUT2D eigenvalue weighted by Crippen LogP contribution is 2.53. The lowest BCUT2D eigenvalue weighted by molar-refractivity contribution is 0.123. The Hall–Kier alpha value is 0.0700. The lowest BCUT2D eigenvalue weighted by Crippen LogP contribution is -2.39. The van der Waals surface area contributed by atoms with Gasteiger partial charge in [-0.05, 0) is 19.8 Å². The summed E-state index contributed by atoms with van der Waals surface area (Å²) in [6, 6.07) is -0.617. The summed E-state index contributed by atoms with van der Waals surface area (Å²) >= 11 is 0. The monoisotopic (exact) mass is 239 g/mol. The molecule has 0 aromatic carbocycles. The Kier molecular flexibility index (Phi) is 6.64. The molecule has 0 heterocycles. The second-order valence-corrected chi connectivity index (χ2v) is 5.74. The molecule has 0 aliphatic heterocycles. The van der Waals surface area contributed by atoms with E-state index in [1.54, 1.807) is 13.8 Å². The maximum Gasteiger partial charge on any atom is 0.360 e.